The van der Waals surface area contributed by atoms with Crippen LogP contribution in [0.4, 0.5) is 0 Å². The molecule has 0 spiro atoms. The summed E-state index contributed by atoms with van der Waals surface area (Å²) >= 11 is 6.03. The lowest BCUT2D eigenvalue weighted by Crippen LogP contribution is -2.39. The average Bonchev–Trinajstić information content (AvgIpc) is 3.19. The standard InChI is InChI=1S/C20H24ClN3O3/c1-14(27-18-9-5-4-8-16(18)21)20(26)22-10-11-24-13-23-17(12-19(24)25)15-6-2-3-7-15/h4-5,8-9,12-15H,2-3,6-7,10-11H2,1H3,(H,22,26). The van der Waals surface area contributed by atoms with Crippen molar-refractivity contribution in [3.63, 3.8) is 0 Å². The molecule has 1 N–H and O–H groups in total. The molecule has 1 atom stereocenters. The van der Waals surface area contributed by atoms with Crippen molar-refractivity contribution in [1.29, 1.82) is 0 Å². The lowest BCUT2D eigenvalue weighted by molar-refractivity contribution is -0.127. The van der Waals surface area contributed by atoms with E-state index in [4.69, 9.17) is 16.3 Å². The van der Waals surface area contributed by atoms with E-state index in [0.29, 0.717) is 29.8 Å². The van der Waals surface area contributed by atoms with Gasteiger partial charge >= 0.3 is 0 Å². The predicted octanol–water partition coefficient (Wildman–Crippen LogP) is 3.14. The molecule has 2 aromatic rings. The van der Waals surface area contributed by atoms with E-state index in [1.165, 1.54) is 17.4 Å². The fourth-order valence-corrected chi connectivity index (χ4v) is 3.46. The van der Waals surface area contributed by atoms with Gasteiger partial charge in [0.05, 0.1) is 17.0 Å². The van der Waals surface area contributed by atoms with Crippen LogP contribution in [-0.2, 0) is 11.3 Å². The number of hydrogen-bond acceptors (Lipinski definition) is 4. The molecule has 1 fully saturated rings. The minimum Gasteiger partial charge on any atom is -0.479 e. The highest BCUT2D eigenvalue weighted by Crippen LogP contribution is 2.32. The fourth-order valence-electron chi connectivity index (χ4n) is 3.28. The third-order valence-electron chi connectivity index (χ3n) is 4.84. The van der Waals surface area contributed by atoms with Crippen LogP contribution in [0.2, 0.25) is 5.02 Å². The Balaban J connectivity index is 1.49. The summed E-state index contributed by atoms with van der Waals surface area (Å²) < 4.78 is 7.09. The smallest absolute Gasteiger partial charge is 0.260 e. The quantitative estimate of drug-likeness (QED) is 0.789. The van der Waals surface area contributed by atoms with Crippen LogP contribution in [0.1, 0.15) is 44.2 Å². The molecule has 7 heteroatoms. The average molecular weight is 390 g/mol. The summed E-state index contributed by atoms with van der Waals surface area (Å²) in [7, 11) is 0. The van der Waals surface area contributed by atoms with Crippen molar-refractivity contribution < 1.29 is 9.53 Å². The first-order valence-corrected chi connectivity index (χ1v) is 9.67. The molecule has 0 bridgehead atoms. The number of aromatic nitrogens is 2. The van der Waals surface area contributed by atoms with Crippen LogP contribution < -0.4 is 15.6 Å². The molecule has 6 nitrogen and oxygen atoms in total. The first kappa shape index (κ1) is 19.4. The highest BCUT2D eigenvalue weighted by atomic mass is 35.5. The van der Waals surface area contributed by atoms with Gasteiger partial charge in [0.15, 0.2) is 6.10 Å². The summed E-state index contributed by atoms with van der Waals surface area (Å²) in [6, 6.07) is 8.63. The maximum Gasteiger partial charge on any atom is 0.260 e. The molecule has 1 aromatic heterocycles. The monoisotopic (exact) mass is 389 g/mol. The number of amides is 1. The van der Waals surface area contributed by atoms with Crippen LogP contribution in [0.25, 0.3) is 0 Å². The molecule has 3 rings (SSSR count). The zero-order valence-corrected chi connectivity index (χ0v) is 16.1. The number of nitrogens with one attached hydrogen (secondary N) is 1. The first-order chi connectivity index (χ1) is 13.0. The minimum absolute atomic E-state index is 0.0819. The molecule has 144 valence electrons. The molecule has 27 heavy (non-hydrogen) atoms. The minimum atomic E-state index is -0.690. The number of ether oxygens (including phenoxy) is 1. The van der Waals surface area contributed by atoms with Crippen molar-refractivity contribution in [2.24, 2.45) is 0 Å². The van der Waals surface area contributed by atoms with E-state index >= 15 is 0 Å². The number of hydrogen-bond donors (Lipinski definition) is 1. The second-order valence-corrected chi connectivity index (χ2v) is 7.22. The van der Waals surface area contributed by atoms with Crippen molar-refractivity contribution in [2.45, 2.75) is 51.2 Å². The van der Waals surface area contributed by atoms with Gasteiger partial charge in [-0.1, -0.05) is 36.6 Å². The van der Waals surface area contributed by atoms with Crippen LogP contribution in [0.5, 0.6) is 5.75 Å². The second kappa shape index (κ2) is 9.04. The van der Waals surface area contributed by atoms with Gasteiger partial charge in [-0.25, -0.2) is 4.98 Å². The Kier molecular flexibility index (Phi) is 6.50. The van der Waals surface area contributed by atoms with Crippen LogP contribution in [0, 0.1) is 0 Å². The lowest BCUT2D eigenvalue weighted by atomic mass is 10.0. The number of rotatable bonds is 7. The highest BCUT2D eigenvalue weighted by Gasteiger charge is 2.19. The number of halogens is 1. The summed E-state index contributed by atoms with van der Waals surface area (Å²) in [5.41, 5.74) is 0.807. The number of nitrogens with zero attached hydrogens (tertiary/aromatic N) is 2. The van der Waals surface area contributed by atoms with E-state index < -0.39 is 6.10 Å². The van der Waals surface area contributed by atoms with Gasteiger partial charge in [-0.3, -0.25) is 14.2 Å². The summed E-state index contributed by atoms with van der Waals surface area (Å²) in [6.07, 6.45) is 5.51. The Labute approximate surface area is 163 Å². The molecule has 1 saturated carbocycles. The van der Waals surface area contributed by atoms with Gasteiger partial charge in [0.1, 0.15) is 5.75 Å². The van der Waals surface area contributed by atoms with Gasteiger partial charge in [-0.15, -0.1) is 0 Å². The van der Waals surface area contributed by atoms with Crippen molar-refractivity contribution in [3.8, 4) is 5.75 Å². The first-order valence-electron chi connectivity index (χ1n) is 9.30. The number of carbonyl (C=O) groups excluding carboxylic acids is 1. The molecular weight excluding hydrogens is 366 g/mol. The van der Waals surface area contributed by atoms with E-state index in [9.17, 15) is 9.59 Å². The maximum atomic E-state index is 12.3. The van der Waals surface area contributed by atoms with Crippen molar-refractivity contribution in [3.05, 3.63) is 57.7 Å². The third-order valence-corrected chi connectivity index (χ3v) is 5.15. The molecular formula is C20H24ClN3O3. The van der Waals surface area contributed by atoms with E-state index in [1.807, 2.05) is 0 Å². The molecule has 1 unspecified atom stereocenters. The number of para-hydroxylation sites is 1. The van der Waals surface area contributed by atoms with E-state index in [2.05, 4.69) is 10.3 Å². The van der Waals surface area contributed by atoms with E-state index in [1.54, 1.807) is 43.6 Å². The second-order valence-electron chi connectivity index (χ2n) is 6.81. The number of carbonyl (C=O) groups is 1. The Bertz CT molecular complexity index is 846. The van der Waals surface area contributed by atoms with E-state index in [0.717, 1.165) is 18.5 Å². The Hall–Kier alpha value is -2.34. The lowest BCUT2D eigenvalue weighted by Gasteiger charge is -2.16. The van der Waals surface area contributed by atoms with E-state index in [-0.39, 0.29) is 11.5 Å². The number of benzene rings is 1. The van der Waals surface area contributed by atoms with Gasteiger partial charge in [-0.2, -0.15) is 0 Å². The van der Waals surface area contributed by atoms with Crippen LogP contribution >= 0.6 is 11.6 Å². The molecule has 1 aromatic carbocycles. The molecule has 0 saturated heterocycles. The van der Waals surface area contributed by atoms with Crippen LogP contribution in [-0.4, -0.2) is 28.1 Å². The van der Waals surface area contributed by atoms with Crippen molar-refractivity contribution >= 4 is 17.5 Å². The molecule has 1 aliphatic carbocycles. The maximum absolute atomic E-state index is 12.3. The molecule has 1 heterocycles. The van der Waals surface area contributed by atoms with Crippen molar-refractivity contribution in [1.82, 2.24) is 14.9 Å². The Morgan fingerprint density at radius 3 is 2.81 bits per heavy atom. The molecule has 1 aliphatic rings. The molecule has 0 radical (unpaired) electrons. The summed E-state index contributed by atoms with van der Waals surface area (Å²) in [4.78, 5) is 28.9. The van der Waals surface area contributed by atoms with Gasteiger partial charge < -0.3 is 10.1 Å². The molecule has 0 aliphatic heterocycles. The summed E-state index contributed by atoms with van der Waals surface area (Å²) in [5, 5.41) is 3.23. The highest BCUT2D eigenvalue weighted by molar-refractivity contribution is 6.32. The Morgan fingerprint density at radius 2 is 2.11 bits per heavy atom. The predicted molar refractivity (Wildman–Crippen MR) is 104 cm³/mol. The van der Waals surface area contributed by atoms with Gasteiger partial charge in [0.2, 0.25) is 0 Å². The fraction of sp³-hybridized carbons (Fsp3) is 0.450. The Morgan fingerprint density at radius 1 is 1.37 bits per heavy atom. The topological polar surface area (TPSA) is 73.2 Å². The van der Waals surface area contributed by atoms with Gasteiger partial charge in [-0.05, 0) is 31.9 Å². The molecule has 1 amide bonds. The van der Waals surface area contributed by atoms with Gasteiger partial charge in [0, 0.05) is 25.1 Å². The van der Waals surface area contributed by atoms with Crippen LogP contribution in [0.3, 0.4) is 0 Å². The van der Waals surface area contributed by atoms with Crippen molar-refractivity contribution in [2.75, 3.05) is 6.54 Å². The third kappa shape index (κ3) is 5.10. The zero-order chi connectivity index (χ0) is 19.2. The summed E-state index contributed by atoms with van der Waals surface area (Å²) in [6.45, 7) is 2.34. The summed E-state index contributed by atoms with van der Waals surface area (Å²) in [5.74, 6) is 0.609. The van der Waals surface area contributed by atoms with Crippen LogP contribution in [0.15, 0.2) is 41.5 Å². The SMILES string of the molecule is CC(Oc1ccccc1Cl)C(=O)NCCn1cnc(C2CCCC2)cc1=O. The zero-order valence-electron chi connectivity index (χ0n) is 15.4. The van der Waals surface area contributed by atoms with Gasteiger partial charge in [0.25, 0.3) is 11.5 Å². The normalized spacial score (nSPS) is 15.5. The largest absolute Gasteiger partial charge is 0.479 e.